The van der Waals surface area contributed by atoms with Crippen molar-refractivity contribution in [3.63, 3.8) is 0 Å². The molecule has 0 aromatic heterocycles. The second-order valence-electron chi connectivity index (χ2n) is 5.16. The molecule has 2 rings (SSSR count). The zero-order valence-electron chi connectivity index (χ0n) is 10.9. The van der Waals surface area contributed by atoms with Crippen molar-refractivity contribution in [1.29, 1.82) is 0 Å². The van der Waals surface area contributed by atoms with E-state index in [0.29, 0.717) is 6.04 Å². The number of amides is 1. The maximum atomic E-state index is 12.4. The Hall–Kier alpha value is -0.610. The van der Waals surface area contributed by atoms with Gasteiger partial charge in [-0.1, -0.05) is 6.92 Å². The van der Waals surface area contributed by atoms with E-state index < -0.39 is 0 Å². The highest BCUT2D eigenvalue weighted by molar-refractivity contribution is 5.79. The van der Waals surface area contributed by atoms with Gasteiger partial charge in [0.05, 0.1) is 12.0 Å². The van der Waals surface area contributed by atoms with Gasteiger partial charge in [-0.2, -0.15) is 0 Å². The summed E-state index contributed by atoms with van der Waals surface area (Å²) in [6.07, 6.45) is 4.26. The van der Waals surface area contributed by atoms with E-state index in [1.165, 1.54) is 6.42 Å². The van der Waals surface area contributed by atoms with Gasteiger partial charge in [0, 0.05) is 26.2 Å². The Bertz CT molecular complexity index is 264. The van der Waals surface area contributed by atoms with Crippen molar-refractivity contribution in [3.05, 3.63) is 0 Å². The number of hydrogen-bond donors (Lipinski definition) is 1. The van der Waals surface area contributed by atoms with Crippen LogP contribution >= 0.6 is 0 Å². The molecule has 3 atom stereocenters. The minimum absolute atomic E-state index is 0.0897. The van der Waals surface area contributed by atoms with Crippen molar-refractivity contribution in [2.45, 2.75) is 44.8 Å². The molecule has 2 aliphatic rings. The Kier molecular flexibility index (Phi) is 4.40. The second-order valence-corrected chi connectivity index (χ2v) is 5.16. The molecule has 0 aromatic carbocycles. The van der Waals surface area contributed by atoms with Gasteiger partial charge < -0.3 is 15.0 Å². The molecular formula is C13H24N2O2. The van der Waals surface area contributed by atoms with Crippen LogP contribution in [0.3, 0.4) is 0 Å². The monoisotopic (exact) mass is 240 g/mol. The average Bonchev–Trinajstić information content (AvgIpc) is 2.86. The molecule has 2 saturated heterocycles. The van der Waals surface area contributed by atoms with Crippen molar-refractivity contribution >= 4 is 5.91 Å². The molecule has 0 aliphatic carbocycles. The van der Waals surface area contributed by atoms with E-state index in [1.54, 1.807) is 0 Å². The first-order valence-corrected chi connectivity index (χ1v) is 6.83. The van der Waals surface area contributed by atoms with Crippen LogP contribution in [-0.4, -0.2) is 49.7 Å². The fourth-order valence-corrected chi connectivity index (χ4v) is 2.94. The topological polar surface area (TPSA) is 41.6 Å². The van der Waals surface area contributed by atoms with Gasteiger partial charge in [-0.3, -0.25) is 4.79 Å². The van der Waals surface area contributed by atoms with E-state index >= 15 is 0 Å². The molecule has 4 nitrogen and oxygen atoms in total. The molecule has 1 amide bonds. The van der Waals surface area contributed by atoms with Crippen LogP contribution in [0.25, 0.3) is 0 Å². The highest BCUT2D eigenvalue weighted by atomic mass is 16.5. The quantitative estimate of drug-likeness (QED) is 0.800. The van der Waals surface area contributed by atoms with Crippen LogP contribution in [0.1, 0.15) is 32.6 Å². The van der Waals surface area contributed by atoms with Crippen molar-refractivity contribution in [3.8, 4) is 0 Å². The molecule has 98 valence electrons. The van der Waals surface area contributed by atoms with Gasteiger partial charge >= 0.3 is 0 Å². The zero-order valence-corrected chi connectivity index (χ0v) is 10.9. The van der Waals surface area contributed by atoms with Gasteiger partial charge in [-0.05, 0) is 32.2 Å². The second kappa shape index (κ2) is 5.83. The molecule has 1 N–H and O–H groups in total. The fourth-order valence-electron chi connectivity index (χ4n) is 2.94. The molecule has 4 heteroatoms. The van der Waals surface area contributed by atoms with Gasteiger partial charge in [0.25, 0.3) is 0 Å². The van der Waals surface area contributed by atoms with E-state index in [0.717, 1.165) is 39.0 Å². The molecule has 0 radical (unpaired) electrons. The maximum absolute atomic E-state index is 12.4. The van der Waals surface area contributed by atoms with E-state index in [9.17, 15) is 4.79 Å². The van der Waals surface area contributed by atoms with Crippen LogP contribution < -0.4 is 5.32 Å². The summed E-state index contributed by atoms with van der Waals surface area (Å²) >= 11 is 0. The molecule has 2 fully saturated rings. The van der Waals surface area contributed by atoms with Crippen LogP contribution in [0.4, 0.5) is 0 Å². The van der Waals surface area contributed by atoms with Crippen molar-refractivity contribution in [2.75, 3.05) is 26.7 Å². The number of nitrogens with zero attached hydrogens (tertiary/aromatic N) is 1. The summed E-state index contributed by atoms with van der Waals surface area (Å²) in [5.41, 5.74) is 0. The number of ether oxygens (including phenoxy) is 1. The van der Waals surface area contributed by atoms with Gasteiger partial charge in [0.15, 0.2) is 0 Å². The predicted molar refractivity (Wildman–Crippen MR) is 66.8 cm³/mol. The number of hydrogen-bond acceptors (Lipinski definition) is 3. The molecule has 0 aromatic rings. The third-order valence-electron chi connectivity index (χ3n) is 4.10. The third kappa shape index (κ3) is 2.80. The Morgan fingerprint density at radius 2 is 2.29 bits per heavy atom. The zero-order chi connectivity index (χ0) is 12.3. The minimum Gasteiger partial charge on any atom is -0.377 e. The molecular weight excluding hydrogens is 216 g/mol. The van der Waals surface area contributed by atoms with Crippen LogP contribution in [0.15, 0.2) is 0 Å². The van der Waals surface area contributed by atoms with Crippen LogP contribution in [-0.2, 0) is 9.53 Å². The SMILES string of the molecule is CCC1OCCC1C(=O)N(C)C1CCCNC1. The Morgan fingerprint density at radius 3 is 2.94 bits per heavy atom. The average molecular weight is 240 g/mol. The van der Waals surface area contributed by atoms with E-state index in [2.05, 4.69) is 12.2 Å². The molecule has 0 bridgehead atoms. The summed E-state index contributed by atoms with van der Waals surface area (Å²) in [4.78, 5) is 14.4. The van der Waals surface area contributed by atoms with Crippen molar-refractivity contribution in [2.24, 2.45) is 5.92 Å². The highest BCUT2D eigenvalue weighted by Crippen LogP contribution is 2.26. The molecule has 0 spiro atoms. The fraction of sp³-hybridized carbons (Fsp3) is 0.923. The minimum atomic E-state index is 0.0897. The molecule has 2 heterocycles. The lowest BCUT2D eigenvalue weighted by Crippen LogP contribution is -2.49. The van der Waals surface area contributed by atoms with Crippen LogP contribution in [0, 0.1) is 5.92 Å². The molecule has 17 heavy (non-hydrogen) atoms. The molecule has 2 aliphatic heterocycles. The van der Waals surface area contributed by atoms with Crippen molar-refractivity contribution in [1.82, 2.24) is 10.2 Å². The highest BCUT2D eigenvalue weighted by Gasteiger charge is 2.36. The first kappa shape index (κ1) is 12.8. The van der Waals surface area contributed by atoms with Gasteiger partial charge in [0.1, 0.15) is 0 Å². The Balaban J connectivity index is 1.93. The summed E-state index contributed by atoms with van der Waals surface area (Å²) in [7, 11) is 1.95. The molecule has 0 saturated carbocycles. The van der Waals surface area contributed by atoms with Gasteiger partial charge in [0.2, 0.25) is 5.91 Å². The summed E-state index contributed by atoms with van der Waals surface area (Å²) in [6.45, 7) is 4.86. The Morgan fingerprint density at radius 1 is 1.47 bits per heavy atom. The standard InChI is InChI=1S/C13H24N2O2/c1-3-12-11(6-8-17-12)13(16)15(2)10-5-4-7-14-9-10/h10-12,14H,3-9H2,1-2H3. The number of rotatable bonds is 3. The summed E-state index contributed by atoms with van der Waals surface area (Å²) in [5.74, 6) is 0.370. The maximum Gasteiger partial charge on any atom is 0.228 e. The predicted octanol–water partition coefficient (Wildman–Crippen LogP) is 1.01. The Labute approximate surface area is 104 Å². The number of nitrogens with one attached hydrogen (secondary N) is 1. The lowest BCUT2D eigenvalue weighted by molar-refractivity contribution is -0.138. The van der Waals surface area contributed by atoms with Crippen LogP contribution in [0.5, 0.6) is 0 Å². The number of likely N-dealkylation sites (N-methyl/N-ethyl adjacent to an activating group) is 1. The summed E-state index contributed by atoms with van der Waals surface area (Å²) < 4.78 is 5.61. The van der Waals surface area contributed by atoms with E-state index in [-0.39, 0.29) is 17.9 Å². The molecule has 3 unspecified atom stereocenters. The number of carbonyl (C=O) groups is 1. The lowest BCUT2D eigenvalue weighted by atomic mass is 9.96. The third-order valence-corrected chi connectivity index (χ3v) is 4.10. The number of piperidine rings is 1. The van der Waals surface area contributed by atoms with E-state index in [1.807, 2.05) is 11.9 Å². The normalized spacial score (nSPS) is 33.6. The van der Waals surface area contributed by atoms with Crippen molar-refractivity contribution < 1.29 is 9.53 Å². The van der Waals surface area contributed by atoms with E-state index in [4.69, 9.17) is 4.74 Å². The first-order valence-electron chi connectivity index (χ1n) is 6.83. The van der Waals surface area contributed by atoms with Crippen LogP contribution in [0.2, 0.25) is 0 Å². The smallest absolute Gasteiger partial charge is 0.228 e. The lowest BCUT2D eigenvalue weighted by Gasteiger charge is -2.34. The summed E-state index contributed by atoms with van der Waals surface area (Å²) in [5, 5.41) is 3.36. The first-order chi connectivity index (χ1) is 8.24. The summed E-state index contributed by atoms with van der Waals surface area (Å²) in [6, 6.07) is 0.370. The van der Waals surface area contributed by atoms with Gasteiger partial charge in [-0.25, -0.2) is 0 Å². The number of carbonyl (C=O) groups excluding carboxylic acids is 1. The largest absolute Gasteiger partial charge is 0.377 e. The van der Waals surface area contributed by atoms with Gasteiger partial charge in [-0.15, -0.1) is 0 Å².